The minimum atomic E-state index is -1.56. The first kappa shape index (κ1) is 20.4. The van der Waals surface area contributed by atoms with Gasteiger partial charge in [0.2, 0.25) is 0 Å². The van der Waals surface area contributed by atoms with Gasteiger partial charge in [-0.05, 0) is 29.8 Å². The molecular formula is C22H16F3N5O. The van der Waals surface area contributed by atoms with E-state index >= 15 is 0 Å². The Hall–Kier alpha value is -3.85. The Balaban J connectivity index is 1.65. The van der Waals surface area contributed by atoms with Crippen LogP contribution in [-0.2, 0) is 13.1 Å². The minimum Gasteiger partial charge on any atom is -0.326 e. The molecule has 0 amide bonds. The Morgan fingerprint density at radius 1 is 0.871 bits per heavy atom. The van der Waals surface area contributed by atoms with Crippen LogP contribution in [0.1, 0.15) is 11.1 Å². The molecule has 0 unspecified atom stereocenters. The first-order valence-electron chi connectivity index (χ1n) is 9.28. The Labute approximate surface area is 174 Å². The zero-order chi connectivity index (χ0) is 22.0. The summed E-state index contributed by atoms with van der Waals surface area (Å²) in [5.74, 6) is -3.72. The molecule has 0 bridgehead atoms. The highest BCUT2D eigenvalue weighted by molar-refractivity contribution is 5.59. The SMILES string of the molecule is NCc1cnc(-c2cccc(Cn3nc(-c4cc(F)c(F)c(F)c4)ccc3=O)c2)nc1. The maximum Gasteiger partial charge on any atom is 0.267 e. The molecule has 4 rings (SSSR count). The number of hydrogen-bond donors (Lipinski definition) is 1. The summed E-state index contributed by atoms with van der Waals surface area (Å²) < 4.78 is 41.5. The van der Waals surface area contributed by atoms with Gasteiger partial charge in [0.25, 0.3) is 5.56 Å². The van der Waals surface area contributed by atoms with Gasteiger partial charge in [0.05, 0.1) is 12.2 Å². The molecule has 2 aromatic heterocycles. The molecule has 2 aromatic carbocycles. The van der Waals surface area contributed by atoms with Gasteiger partial charge in [-0.1, -0.05) is 18.2 Å². The van der Waals surface area contributed by atoms with Gasteiger partial charge in [-0.2, -0.15) is 5.10 Å². The molecular weight excluding hydrogens is 407 g/mol. The summed E-state index contributed by atoms with van der Waals surface area (Å²) in [5, 5.41) is 4.18. The number of benzene rings is 2. The fourth-order valence-corrected chi connectivity index (χ4v) is 3.01. The lowest BCUT2D eigenvalue weighted by Crippen LogP contribution is -2.22. The van der Waals surface area contributed by atoms with Gasteiger partial charge in [0, 0.05) is 41.7 Å². The quantitative estimate of drug-likeness (QED) is 0.498. The molecule has 0 radical (unpaired) electrons. The largest absolute Gasteiger partial charge is 0.326 e. The molecule has 6 nitrogen and oxygen atoms in total. The second-order valence-corrected chi connectivity index (χ2v) is 6.79. The van der Waals surface area contributed by atoms with Crippen molar-refractivity contribution in [2.75, 3.05) is 0 Å². The molecule has 0 aliphatic heterocycles. The Morgan fingerprint density at radius 3 is 2.26 bits per heavy atom. The number of hydrogen-bond acceptors (Lipinski definition) is 5. The van der Waals surface area contributed by atoms with Crippen molar-refractivity contribution in [1.29, 1.82) is 0 Å². The van der Waals surface area contributed by atoms with Gasteiger partial charge in [0.15, 0.2) is 23.3 Å². The maximum atomic E-state index is 13.6. The summed E-state index contributed by atoms with van der Waals surface area (Å²) in [6.45, 7) is 0.445. The van der Waals surface area contributed by atoms with Crippen LogP contribution < -0.4 is 11.3 Å². The summed E-state index contributed by atoms with van der Waals surface area (Å²) in [6, 6.07) is 11.5. The fraction of sp³-hybridized carbons (Fsp3) is 0.0909. The van der Waals surface area contributed by atoms with Crippen molar-refractivity contribution in [2.45, 2.75) is 13.1 Å². The van der Waals surface area contributed by atoms with E-state index in [9.17, 15) is 18.0 Å². The summed E-state index contributed by atoms with van der Waals surface area (Å²) in [5.41, 5.74) is 7.61. The molecule has 0 atom stereocenters. The lowest BCUT2D eigenvalue weighted by atomic mass is 10.1. The van der Waals surface area contributed by atoms with Crippen molar-refractivity contribution < 1.29 is 13.2 Å². The smallest absolute Gasteiger partial charge is 0.267 e. The number of halogens is 3. The van der Waals surface area contributed by atoms with Crippen molar-refractivity contribution in [1.82, 2.24) is 19.7 Å². The van der Waals surface area contributed by atoms with Crippen LogP contribution in [0, 0.1) is 17.5 Å². The monoisotopic (exact) mass is 423 g/mol. The van der Waals surface area contributed by atoms with Gasteiger partial charge in [0.1, 0.15) is 0 Å². The molecule has 31 heavy (non-hydrogen) atoms. The molecule has 0 aliphatic rings. The van der Waals surface area contributed by atoms with Gasteiger partial charge in [-0.15, -0.1) is 0 Å². The van der Waals surface area contributed by atoms with E-state index in [0.29, 0.717) is 12.4 Å². The van der Waals surface area contributed by atoms with Crippen LogP contribution in [0.15, 0.2) is 65.7 Å². The molecule has 0 saturated carbocycles. The Kier molecular flexibility index (Phi) is 5.59. The molecule has 0 spiro atoms. The van der Waals surface area contributed by atoms with Crippen LogP contribution in [-0.4, -0.2) is 19.7 Å². The Bertz CT molecular complexity index is 1280. The van der Waals surface area contributed by atoms with Crippen LogP contribution >= 0.6 is 0 Å². The summed E-state index contributed by atoms with van der Waals surface area (Å²) >= 11 is 0. The van der Waals surface area contributed by atoms with E-state index in [1.54, 1.807) is 24.5 Å². The molecule has 9 heteroatoms. The average molecular weight is 423 g/mol. The molecule has 2 heterocycles. The van der Waals surface area contributed by atoms with Crippen molar-refractivity contribution in [3.63, 3.8) is 0 Å². The fourth-order valence-electron chi connectivity index (χ4n) is 3.01. The highest BCUT2D eigenvalue weighted by Gasteiger charge is 2.13. The molecule has 2 N–H and O–H groups in total. The molecule has 4 aromatic rings. The van der Waals surface area contributed by atoms with Crippen molar-refractivity contribution in [3.05, 3.63) is 99.9 Å². The maximum absolute atomic E-state index is 13.6. The zero-order valence-electron chi connectivity index (χ0n) is 16.1. The van der Waals surface area contributed by atoms with Crippen LogP contribution in [0.3, 0.4) is 0 Å². The van der Waals surface area contributed by atoms with Crippen LogP contribution in [0.5, 0.6) is 0 Å². The standard InChI is InChI=1S/C22H16F3N5O/c23-17-7-16(8-18(24)21(17)25)19-4-5-20(31)30(29-19)12-13-2-1-3-15(6-13)22-27-10-14(9-26)11-28-22/h1-8,10-11H,9,12,26H2. The molecule has 0 saturated heterocycles. The second kappa shape index (κ2) is 8.49. The number of nitrogens with zero attached hydrogens (tertiary/aromatic N) is 4. The van der Waals surface area contributed by atoms with E-state index in [2.05, 4.69) is 15.1 Å². The molecule has 0 fully saturated rings. The van der Waals surface area contributed by atoms with E-state index in [4.69, 9.17) is 5.73 Å². The summed E-state index contributed by atoms with van der Waals surface area (Å²) in [6.07, 6.45) is 3.29. The van der Waals surface area contributed by atoms with Gasteiger partial charge < -0.3 is 5.73 Å². The van der Waals surface area contributed by atoms with Crippen LogP contribution in [0.25, 0.3) is 22.6 Å². The van der Waals surface area contributed by atoms with Gasteiger partial charge >= 0.3 is 0 Å². The van der Waals surface area contributed by atoms with Crippen LogP contribution in [0.4, 0.5) is 13.2 Å². The van der Waals surface area contributed by atoms with E-state index < -0.39 is 23.0 Å². The first-order valence-corrected chi connectivity index (χ1v) is 9.28. The van der Waals surface area contributed by atoms with Crippen molar-refractivity contribution in [3.8, 4) is 22.6 Å². The third kappa shape index (κ3) is 4.36. The minimum absolute atomic E-state index is 0.0206. The molecule has 156 valence electrons. The zero-order valence-corrected chi connectivity index (χ0v) is 16.1. The predicted octanol–water partition coefficient (Wildman–Crippen LogP) is 3.29. The number of aromatic nitrogens is 4. The summed E-state index contributed by atoms with van der Waals surface area (Å²) in [4.78, 5) is 20.8. The van der Waals surface area contributed by atoms with E-state index in [0.717, 1.165) is 33.5 Å². The highest BCUT2D eigenvalue weighted by atomic mass is 19.2. The van der Waals surface area contributed by atoms with Crippen molar-refractivity contribution in [2.24, 2.45) is 5.73 Å². The second-order valence-electron chi connectivity index (χ2n) is 6.79. The highest BCUT2D eigenvalue weighted by Crippen LogP contribution is 2.22. The lowest BCUT2D eigenvalue weighted by molar-refractivity contribution is 0.447. The lowest BCUT2D eigenvalue weighted by Gasteiger charge is -2.09. The summed E-state index contributed by atoms with van der Waals surface area (Å²) in [7, 11) is 0. The third-order valence-electron chi connectivity index (χ3n) is 4.60. The first-order chi connectivity index (χ1) is 14.9. The van der Waals surface area contributed by atoms with E-state index in [-0.39, 0.29) is 17.8 Å². The predicted molar refractivity (Wildman–Crippen MR) is 108 cm³/mol. The van der Waals surface area contributed by atoms with E-state index in [1.165, 1.54) is 12.1 Å². The third-order valence-corrected chi connectivity index (χ3v) is 4.60. The van der Waals surface area contributed by atoms with Gasteiger partial charge in [-0.3, -0.25) is 4.79 Å². The van der Waals surface area contributed by atoms with Crippen molar-refractivity contribution >= 4 is 0 Å². The average Bonchev–Trinajstić information content (AvgIpc) is 2.79. The number of rotatable bonds is 5. The van der Waals surface area contributed by atoms with Gasteiger partial charge in [-0.25, -0.2) is 27.8 Å². The molecule has 0 aliphatic carbocycles. The van der Waals surface area contributed by atoms with Crippen LogP contribution in [0.2, 0.25) is 0 Å². The van der Waals surface area contributed by atoms with E-state index in [1.807, 2.05) is 12.1 Å². The number of nitrogens with two attached hydrogens (primary N) is 1. The normalized spacial score (nSPS) is 11.0. The topological polar surface area (TPSA) is 86.7 Å². The Morgan fingerprint density at radius 2 is 1.58 bits per heavy atom.